The van der Waals surface area contributed by atoms with E-state index in [1.54, 1.807) is 0 Å². The fraction of sp³-hybridized carbons (Fsp3) is 0.727. The second-order valence-corrected chi connectivity index (χ2v) is 4.03. The van der Waals surface area contributed by atoms with Gasteiger partial charge in [0, 0.05) is 11.7 Å². The first kappa shape index (κ1) is 11.2. The molecule has 14 heavy (non-hydrogen) atoms. The van der Waals surface area contributed by atoms with Crippen molar-refractivity contribution in [2.24, 2.45) is 5.73 Å². The molecule has 0 aliphatic heterocycles. The summed E-state index contributed by atoms with van der Waals surface area (Å²) in [5.74, 6) is 0. The predicted molar refractivity (Wildman–Crippen MR) is 59.3 cm³/mol. The van der Waals surface area contributed by atoms with Crippen LogP contribution in [0.2, 0.25) is 0 Å². The first-order valence-corrected chi connectivity index (χ1v) is 5.32. The smallest absolute Gasteiger partial charge is 0.0625 e. The molecular weight excluding hydrogens is 174 g/mol. The number of nitrogens with two attached hydrogens (primary N) is 1. The Morgan fingerprint density at radius 1 is 1.36 bits per heavy atom. The maximum Gasteiger partial charge on any atom is 0.0625 e. The summed E-state index contributed by atoms with van der Waals surface area (Å²) in [5.41, 5.74) is 9.63. The van der Waals surface area contributed by atoms with E-state index in [1.807, 2.05) is 11.6 Å². The third-order valence-corrected chi connectivity index (χ3v) is 2.81. The van der Waals surface area contributed by atoms with E-state index >= 15 is 0 Å². The first-order chi connectivity index (χ1) is 6.56. The molecule has 2 N–H and O–H groups in total. The normalized spacial score (nSPS) is 13.2. The third-order valence-electron chi connectivity index (χ3n) is 2.81. The maximum atomic E-state index is 5.98. The Bertz CT molecular complexity index is 302. The van der Waals surface area contributed by atoms with Crippen molar-refractivity contribution in [3.8, 4) is 0 Å². The van der Waals surface area contributed by atoms with E-state index in [0.717, 1.165) is 25.1 Å². The average molecular weight is 195 g/mol. The molecule has 1 aromatic rings. The van der Waals surface area contributed by atoms with Gasteiger partial charge >= 0.3 is 0 Å². The Kier molecular flexibility index (Phi) is 3.69. The van der Waals surface area contributed by atoms with Gasteiger partial charge in [-0.25, -0.2) is 0 Å². The van der Waals surface area contributed by atoms with E-state index < -0.39 is 0 Å². The van der Waals surface area contributed by atoms with Crippen LogP contribution in [0.3, 0.4) is 0 Å². The van der Waals surface area contributed by atoms with E-state index in [0.29, 0.717) is 0 Å². The van der Waals surface area contributed by atoms with E-state index in [4.69, 9.17) is 5.73 Å². The summed E-state index contributed by atoms with van der Waals surface area (Å²) in [6, 6.07) is 0.234. The minimum Gasteiger partial charge on any atom is -0.326 e. The lowest BCUT2D eigenvalue weighted by Gasteiger charge is -2.11. The number of rotatable bonds is 4. The first-order valence-electron chi connectivity index (χ1n) is 5.32. The van der Waals surface area contributed by atoms with Crippen molar-refractivity contribution in [3.05, 3.63) is 17.0 Å². The van der Waals surface area contributed by atoms with Crippen molar-refractivity contribution in [1.29, 1.82) is 0 Å². The van der Waals surface area contributed by atoms with Crippen molar-refractivity contribution in [1.82, 2.24) is 9.78 Å². The highest BCUT2D eigenvalue weighted by molar-refractivity contribution is 5.22. The Labute approximate surface area is 86.3 Å². The van der Waals surface area contributed by atoms with Crippen LogP contribution < -0.4 is 5.73 Å². The Morgan fingerprint density at radius 3 is 2.43 bits per heavy atom. The highest BCUT2D eigenvalue weighted by Gasteiger charge is 2.09. The molecule has 0 amide bonds. The zero-order valence-electron chi connectivity index (χ0n) is 9.67. The van der Waals surface area contributed by atoms with Gasteiger partial charge < -0.3 is 5.73 Å². The molecule has 0 bridgehead atoms. The van der Waals surface area contributed by atoms with E-state index in [9.17, 15) is 0 Å². The van der Waals surface area contributed by atoms with Gasteiger partial charge in [0.05, 0.1) is 12.2 Å². The molecule has 80 valence electrons. The molecule has 3 heteroatoms. The predicted octanol–water partition coefficient (Wildman–Crippen LogP) is 1.94. The summed E-state index contributed by atoms with van der Waals surface area (Å²) in [5, 5.41) is 4.47. The lowest BCUT2D eigenvalue weighted by Crippen LogP contribution is -2.27. The summed E-state index contributed by atoms with van der Waals surface area (Å²) in [6.45, 7) is 9.26. The molecule has 1 aromatic heterocycles. The molecule has 0 aliphatic rings. The number of nitrogens with zero attached hydrogens (tertiary/aromatic N) is 2. The largest absolute Gasteiger partial charge is 0.326 e. The van der Waals surface area contributed by atoms with Crippen LogP contribution in [0.4, 0.5) is 0 Å². The van der Waals surface area contributed by atoms with Crippen molar-refractivity contribution in [3.63, 3.8) is 0 Å². The molecule has 1 unspecified atom stereocenters. The quantitative estimate of drug-likeness (QED) is 0.798. The zero-order chi connectivity index (χ0) is 10.7. The number of hydrogen-bond acceptors (Lipinski definition) is 2. The molecule has 0 aliphatic carbocycles. The summed E-state index contributed by atoms with van der Waals surface area (Å²) in [6.07, 6.45) is 2.21. The van der Waals surface area contributed by atoms with Gasteiger partial charge in [-0.3, -0.25) is 4.68 Å². The second-order valence-electron chi connectivity index (χ2n) is 4.03. The second kappa shape index (κ2) is 4.60. The highest BCUT2D eigenvalue weighted by Crippen LogP contribution is 2.11. The van der Waals surface area contributed by atoms with Gasteiger partial charge in [-0.05, 0) is 32.8 Å². The monoisotopic (exact) mass is 195 g/mol. The van der Waals surface area contributed by atoms with Gasteiger partial charge in [-0.2, -0.15) is 5.10 Å². The Hall–Kier alpha value is -0.830. The van der Waals surface area contributed by atoms with Crippen molar-refractivity contribution in [2.75, 3.05) is 0 Å². The lowest BCUT2D eigenvalue weighted by atomic mass is 10.2. The van der Waals surface area contributed by atoms with Crippen LogP contribution in [0.25, 0.3) is 0 Å². The maximum absolute atomic E-state index is 5.98. The van der Waals surface area contributed by atoms with Crippen LogP contribution in [-0.2, 0) is 6.54 Å². The van der Waals surface area contributed by atoms with Crippen molar-refractivity contribution >= 4 is 0 Å². The Morgan fingerprint density at radius 2 is 2.00 bits per heavy atom. The molecule has 0 fully saturated rings. The minimum atomic E-state index is 0.234. The fourth-order valence-electron chi connectivity index (χ4n) is 1.65. The van der Waals surface area contributed by atoms with Gasteiger partial charge in [0.15, 0.2) is 0 Å². The van der Waals surface area contributed by atoms with E-state index in [2.05, 4.69) is 25.9 Å². The van der Waals surface area contributed by atoms with Crippen LogP contribution in [-0.4, -0.2) is 15.8 Å². The summed E-state index contributed by atoms with van der Waals surface area (Å²) >= 11 is 0. The number of aromatic nitrogens is 2. The Balaban J connectivity index is 2.72. The zero-order valence-corrected chi connectivity index (χ0v) is 9.67. The van der Waals surface area contributed by atoms with E-state index in [1.165, 1.54) is 11.3 Å². The van der Waals surface area contributed by atoms with Gasteiger partial charge in [-0.1, -0.05) is 13.3 Å². The van der Waals surface area contributed by atoms with Crippen molar-refractivity contribution in [2.45, 2.75) is 53.1 Å². The van der Waals surface area contributed by atoms with E-state index in [-0.39, 0.29) is 6.04 Å². The third kappa shape index (κ3) is 2.35. The summed E-state index contributed by atoms with van der Waals surface area (Å²) in [7, 11) is 0. The summed E-state index contributed by atoms with van der Waals surface area (Å²) < 4.78 is 2.03. The van der Waals surface area contributed by atoms with Crippen LogP contribution in [0, 0.1) is 20.8 Å². The molecule has 0 spiro atoms. The van der Waals surface area contributed by atoms with Crippen molar-refractivity contribution < 1.29 is 0 Å². The van der Waals surface area contributed by atoms with Crippen LogP contribution in [0.1, 0.15) is 36.7 Å². The molecule has 1 atom stereocenters. The van der Waals surface area contributed by atoms with Gasteiger partial charge in [0.1, 0.15) is 0 Å². The van der Waals surface area contributed by atoms with Gasteiger partial charge in [-0.15, -0.1) is 0 Å². The van der Waals surface area contributed by atoms with Crippen LogP contribution in [0.5, 0.6) is 0 Å². The standard InChI is InChI=1S/C11H21N3/c1-5-6-11(12)7-14-10(4)8(2)9(3)13-14/h11H,5-7,12H2,1-4H3. The topological polar surface area (TPSA) is 43.8 Å². The van der Waals surface area contributed by atoms with Gasteiger partial charge in [0.2, 0.25) is 0 Å². The number of hydrogen-bond donors (Lipinski definition) is 1. The average Bonchev–Trinajstić information content (AvgIpc) is 2.34. The fourth-order valence-corrected chi connectivity index (χ4v) is 1.65. The number of aryl methyl sites for hydroxylation is 1. The molecule has 0 saturated heterocycles. The SMILES string of the molecule is CCCC(N)Cn1nc(C)c(C)c1C. The van der Waals surface area contributed by atoms with Crippen LogP contribution in [0.15, 0.2) is 0 Å². The molecule has 3 nitrogen and oxygen atoms in total. The van der Waals surface area contributed by atoms with Gasteiger partial charge in [0.25, 0.3) is 0 Å². The lowest BCUT2D eigenvalue weighted by molar-refractivity contribution is 0.473. The summed E-state index contributed by atoms with van der Waals surface area (Å²) in [4.78, 5) is 0. The molecule has 1 rings (SSSR count). The highest BCUT2D eigenvalue weighted by atomic mass is 15.3. The molecule has 0 aromatic carbocycles. The molecular formula is C11H21N3. The van der Waals surface area contributed by atoms with Crippen LogP contribution >= 0.6 is 0 Å². The minimum absolute atomic E-state index is 0.234. The molecule has 0 saturated carbocycles. The molecule has 1 heterocycles. The molecule has 0 radical (unpaired) electrons.